The number of nitrogens with one attached hydrogen (secondary N) is 2. The van der Waals surface area contributed by atoms with Crippen LogP contribution in [0.4, 0.5) is 17.6 Å². The van der Waals surface area contributed by atoms with Crippen LogP contribution in [-0.2, 0) is 4.79 Å². The van der Waals surface area contributed by atoms with Crippen molar-refractivity contribution in [3.8, 4) is 17.3 Å². The fraction of sp³-hybridized carbons (Fsp3) is 0.296. The second-order valence-corrected chi connectivity index (χ2v) is 9.78. The highest BCUT2D eigenvalue weighted by molar-refractivity contribution is 6.06. The highest BCUT2D eigenvalue weighted by Crippen LogP contribution is 2.33. The number of hydrogen-bond donors (Lipinski definition) is 5. The van der Waals surface area contributed by atoms with Gasteiger partial charge in [-0.05, 0) is 25.0 Å². The third-order valence-corrected chi connectivity index (χ3v) is 6.70. The van der Waals surface area contributed by atoms with Crippen LogP contribution in [0.5, 0.6) is 6.01 Å². The van der Waals surface area contributed by atoms with Gasteiger partial charge in [0, 0.05) is 49.4 Å². The predicted octanol–water partition coefficient (Wildman–Crippen LogP) is 0.878. The molecule has 14 heteroatoms. The minimum absolute atomic E-state index is 0.105. The summed E-state index contributed by atoms with van der Waals surface area (Å²) in [6.45, 7) is 5.39. The van der Waals surface area contributed by atoms with Crippen molar-refractivity contribution in [3.63, 3.8) is 0 Å². The van der Waals surface area contributed by atoms with Gasteiger partial charge in [-0.3, -0.25) is 9.69 Å². The molecule has 0 saturated carbocycles. The van der Waals surface area contributed by atoms with Crippen molar-refractivity contribution >= 4 is 40.2 Å². The van der Waals surface area contributed by atoms with Crippen LogP contribution < -0.4 is 26.8 Å². The molecule has 41 heavy (non-hydrogen) atoms. The maximum atomic E-state index is 13.0. The summed E-state index contributed by atoms with van der Waals surface area (Å²) in [7, 11) is 1.93. The van der Waals surface area contributed by atoms with Crippen LogP contribution >= 0.6 is 0 Å². The molecule has 1 fully saturated rings. The number of nitrogen functional groups attached to an aromatic ring is 1. The van der Waals surface area contributed by atoms with Crippen molar-refractivity contribution in [2.24, 2.45) is 10.7 Å². The average Bonchev–Trinajstić information content (AvgIpc) is 3.57. The number of rotatable bonds is 9. The molecule has 1 atom stereocenters. The number of allylic oxidation sites excluding steroid dienone is 1. The number of quaternary nitrogens is 1. The number of carbonyl (C=O) groups excluding carboxylic acids is 1. The number of aryl methyl sites for hydroxylation is 1. The average molecular weight is 558 g/mol. The largest absolute Gasteiger partial charge is 0.459 e. The molecule has 4 aromatic rings. The molecule has 5 rings (SSSR count). The van der Waals surface area contributed by atoms with Crippen molar-refractivity contribution in [2.75, 3.05) is 37.7 Å². The molecule has 14 nitrogen and oxygen atoms in total. The number of amidine groups is 1. The Labute approximate surface area is 236 Å². The normalized spacial score (nSPS) is 16.3. The van der Waals surface area contributed by atoms with Crippen LogP contribution in [0.25, 0.3) is 22.2 Å². The van der Waals surface area contributed by atoms with E-state index in [4.69, 9.17) is 16.2 Å². The molecule has 0 unspecified atom stereocenters. The summed E-state index contributed by atoms with van der Waals surface area (Å²) in [4.78, 5) is 43.4. The molecule has 0 aliphatic carbocycles. The van der Waals surface area contributed by atoms with Crippen LogP contribution in [0.3, 0.4) is 0 Å². The molecule has 1 aromatic carbocycles. The highest BCUT2D eigenvalue weighted by Gasteiger charge is 2.26. The lowest BCUT2D eigenvalue weighted by Gasteiger charge is -2.16. The van der Waals surface area contributed by atoms with Crippen molar-refractivity contribution in [3.05, 3.63) is 54.3 Å². The van der Waals surface area contributed by atoms with E-state index in [9.17, 15) is 4.79 Å². The molecular formula is C27H33N12O2+. The van der Waals surface area contributed by atoms with Gasteiger partial charge in [0.2, 0.25) is 11.9 Å². The monoisotopic (exact) mass is 557 g/mol. The van der Waals surface area contributed by atoms with Crippen molar-refractivity contribution < 1.29 is 14.8 Å². The maximum absolute atomic E-state index is 13.0. The number of hydrogen-bond acceptors (Lipinski definition) is 10. The molecule has 3 aromatic heterocycles. The molecule has 4 heterocycles. The van der Waals surface area contributed by atoms with E-state index in [-0.39, 0.29) is 36.5 Å². The first-order valence-corrected chi connectivity index (χ1v) is 13.2. The molecule has 1 aliphatic rings. The van der Waals surface area contributed by atoms with E-state index in [1.54, 1.807) is 12.3 Å². The number of likely N-dealkylation sites (tertiary alicyclic amines) is 1. The number of aromatic nitrogens is 6. The summed E-state index contributed by atoms with van der Waals surface area (Å²) in [5.74, 6) is 0.574. The van der Waals surface area contributed by atoms with Crippen molar-refractivity contribution in [1.82, 2.24) is 34.8 Å². The number of para-hydroxylation sites is 1. The number of anilines is 2. The van der Waals surface area contributed by atoms with Gasteiger partial charge in [-0.2, -0.15) is 15.0 Å². The Balaban J connectivity index is 1.28. The van der Waals surface area contributed by atoms with Crippen LogP contribution in [0, 0.1) is 6.92 Å². The summed E-state index contributed by atoms with van der Waals surface area (Å²) in [6, 6.07) is 5.93. The predicted molar refractivity (Wildman–Crippen MR) is 155 cm³/mol. The highest BCUT2D eigenvalue weighted by atomic mass is 16.5. The number of ether oxygens (including phenoxy) is 1. The number of carbonyl (C=O) groups is 1. The molecule has 1 saturated heterocycles. The SMILES string of the molecule is C[NH2+]/C(C)=C\C(N)=N/c1ncc(C)c(-c2c[nH]c3c(NC(=O)CN4CC[C@H](Oc5ncnc(N)n5)C4)cccc23)n1. The lowest BCUT2D eigenvalue weighted by Crippen LogP contribution is -2.76. The Morgan fingerprint density at radius 1 is 1.32 bits per heavy atom. The lowest BCUT2D eigenvalue weighted by molar-refractivity contribution is -0.575. The van der Waals surface area contributed by atoms with Gasteiger partial charge in [0.25, 0.3) is 5.95 Å². The van der Waals surface area contributed by atoms with Gasteiger partial charge in [-0.1, -0.05) is 12.1 Å². The summed E-state index contributed by atoms with van der Waals surface area (Å²) in [5.41, 5.74) is 16.6. The van der Waals surface area contributed by atoms with E-state index >= 15 is 0 Å². The minimum Gasteiger partial charge on any atom is -0.459 e. The Hall–Kier alpha value is -4.95. The fourth-order valence-corrected chi connectivity index (χ4v) is 4.61. The van der Waals surface area contributed by atoms with Crippen molar-refractivity contribution in [1.29, 1.82) is 0 Å². The van der Waals surface area contributed by atoms with Gasteiger partial charge < -0.3 is 31.8 Å². The number of H-pyrrole nitrogens is 1. The second kappa shape index (κ2) is 12.1. The standard InChI is InChI=1S/C27H32N12O2/c1-15-10-32-26(36-21(28)9-16(2)30-3)37-23(15)19-11-31-24-18(19)5-4-6-20(24)35-22(40)13-39-8-7-17(12-39)41-27-34-14-33-25(29)38-27/h4-6,9-11,14,17,30-31H,7-8,12-13H2,1-3H3,(H,35,40)(H2,28,32,36,37)(H2,29,33,34,38)/p+1/b16-9-/t17-/m0/s1. The minimum atomic E-state index is -0.135. The number of fused-ring (bicyclic) bond motifs is 1. The quantitative estimate of drug-likeness (QED) is 0.145. The summed E-state index contributed by atoms with van der Waals surface area (Å²) in [5, 5.41) is 5.90. The zero-order valence-electron chi connectivity index (χ0n) is 23.1. The zero-order chi connectivity index (χ0) is 28.9. The Morgan fingerprint density at radius 2 is 2.17 bits per heavy atom. The smallest absolute Gasteiger partial charge is 0.321 e. The number of nitrogens with two attached hydrogens (primary N) is 3. The van der Waals surface area contributed by atoms with Crippen LogP contribution in [-0.4, -0.2) is 79.3 Å². The first kappa shape index (κ1) is 27.6. The van der Waals surface area contributed by atoms with Crippen LogP contribution in [0.15, 0.2) is 53.7 Å². The van der Waals surface area contributed by atoms with E-state index in [1.807, 2.05) is 55.5 Å². The van der Waals surface area contributed by atoms with Gasteiger partial charge in [-0.25, -0.2) is 15.0 Å². The molecular weight excluding hydrogens is 524 g/mol. The second-order valence-electron chi connectivity index (χ2n) is 9.78. The third-order valence-electron chi connectivity index (χ3n) is 6.70. The number of aromatic amines is 1. The topological polar surface area (TPSA) is 203 Å². The van der Waals surface area contributed by atoms with E-state index in [2.05, 4.69) is 40.2 Å². The van der Waals surface area contributed by atoms with E-state index < -0.39 is 0 Å². The number of aliphatic imine (C=N–C) groups is 1. The number of benzene rings is 1. The molecule has 0 spiro atoms. The first-order chi connectivity index (χ1) is 19.8. The van der Waals surface area contributed by atoms with Crippen molar-refractivity contribution in [2.45, 2.75) is 26.4 Å². The summed E-state index contributed by atoms with van der Waals surface area (Å²) in [6.07, 6.45) is 7.29. The van der Waals surface area contributed by atoms with Gasteiger partial charge >= 0.3 is 6.01 Å². The molecule has 1 amide bonds. The molecule has 1 aliphatic heterocycles. The first-order valence-electron chi connectivity index (χ1n) is 13.2. The Morgan fingerprint density at radius 3 is 2.98 bits per heavy atom. The van der Waals surface area contributed by atoms with E-state index in [0.29, 0.717) is 24.6 Å². The number of nitrogens with zero attached hydrogens (tertiary/aromatic N) is 7. The lowest BCUT2D eigenvalue weighted by atomic mass is 10.1. The van der Waals surface area contributed by atoms with Gasteiger partial charge in [0.15, 0.2) is 0 Å². The van der Waals surface area contributed by atoms with Gasteiger partial charge in [0.1, 0.15) is 24.0 Å². The Kier molecular flexibility index (Phi) is 8.12. The molecule has 0 bridgehead atoms. The number of amides is 1. The maximum Gasteiger partial charge on any atom is 0.321 e. The summed E-state index contributed by atoms with van der Waals surface area (Å²) < 4.78 is 5.80. The summed E-state index contributed by atoms with van der Waals surface area (Å²) >= 11 is 0. The zero-order valence-corrected chi connectivity index (χ0v) is 23.1. The van der Waals surface area contributed by atoms with Gasteiger partial charge in [0.05, 0.1) is 30.5 Å². The van der Waals surface area contributed by atoms with E-state index in [0.717, 1.165) is 39.8 Å². The Bertz CT molecular complexity index is 1630. The van der Waals surface area contributed by atoms with Gasteiger partial charge in [-0.15, -0.1) is 0 Å². The molecule has 0 radical (unpaired) electrons. The third kappa shape index (κ3) is 6.62. The van der Waals surface area contributed by atoms with Crippen LogP contribution in [0.1, 0.15) is 18.9 Å². The van der Waals surface area contributed by atoms with Crippen LogP contribution in [0.2, 0.25) is 0 Å². The molecule has 212 valence electrons. The molecule has 8 N–H and O–H groups in total. The van der Waals surface area contributed by atoms with E-state index in [1.165, 1.54) is 6.33 Å². The fourth-order valence-electron chi connectivity index (χ4n) is 4.61.